The van der Waals surface area contributed by atoms with Crippen LogP contribution in [0.4, 0.5) is 4.79 Å². The third-order valence-electron chi connectivity index (χ3n) is 2.38. The predicted octanol–water partition coefficient (Wildman–Crippen LogP) is 0.583. The molecule has 5 nitrogen and oxygen atoms in total. The summed E-state index contributed by atoms with van der Waals surface area (Å²) in [5, 5.41) is 0. The second kappa shape index (κ2) is 6.63. The minimum Gasteiger partial charge on any atom is -0.449 e. The third-order valence-corrected chi connectivity index (χ3v) is 2.38. The molecule has 0 aromatic heterocycles. The second-order valence-electron chi connectivity index (χ2n) is 3.64. The first kappa shape index (κ1) is 12.3. The van der Waals surface area contributed by atoms with Gasteiger partial charge in [-0.15, -0.1) is 0 Å². The lowest BCUT2D eigenvalue weighted by Crippen LogP contribution is -2.48. The van der Waals surface area contributed by atoms with Crippen molar-refractivity contribution in [3.05, 3.63) is 0 Å². The Labute approximate surface area is 90.5 Å². The van der Waals surface area contributed by atoms with Crippen LogP contribution < -0.4 is 5.73 Å². The first-order valence-corrected chi connectivity index (χ1v) is 5.51. The summed E-state index contributed by atoms with van der Waals surface area (Å²) in [7, 11) is 0. The van der Waals surface area contributed by atoms with Crippen LogP contribution in [-0.2, 0) is 9.47 Å². The number of amides is 1. The molecule has 1 fully saturated rings. The lowest BCUT2D eigenvalue weighted by Gasteiger charge is -2.31. The summed E-state index contributed by atoms with van der Waals surface area (Å²) in [6.45, 7) is 4.69. The van der Waals surface area contributed by atoms with Crippen molar-refractivity contribution in [1.82, 2.24) is 4.90 Å². The Hall–Kier alpha value is -0.810. The summed E-state index contributed by atoms with van der Waals surface area (Å²) in [5.41, 5.74) is 5.48. The van der Waals surface area contributed by atoms with Gasteiger partial charge in [-0.1, -0.05) is 13.3 Å². The molecule has 1 rings (SSSR count). The summed E-state index contributed by atoms with van der Waals surface area (Å²) in [5.74, 6) is 0. The Morgan fingerprint density at radius 2 is 2.47 bits per heavy atom. The summed E-state index contributed by atoms with van der Waals surface area (Å²) >= 11 is 0. The molecule has 1 heterocycles. The molecule has 88 valence electrons. The highest BCUT2D eigenvalue weighted by molar-refractivity contribution is 5.67. The van der Waals surface area contributed by atoms with E-state index in [9.17, 15) is 4.79 Å². The van der Waals surface area contributed by atoms with Crippen molar-refractivity contribution in [3.8, 4) is 0 Å². The van der Waals surface area contributed by atoms with Crippen LogP contribution in [0.3, 0.4) is 0 Å². The topological polar surface area (TPSA) is 64.8 Å². The van der Waals surface area contributed by atoms with Gasteiger partial charge in [-0.05, 0) is 6.42 Å². The van der Waals surface area contributed by atoms with Gasteiger partial charge in [0.1, 0.15) is 0 Å². The van der Waals surface area contributed by atoms with Gasteiger partial charge < -0.3 is 20.1 Å². The zero-order valence-corrected chi connectivity index (χ0v) is 9.28. The van der Waals surface area contributed by atoms with E-state index in [1.165, 1.54) is 0 Å². The van der Waals surface area contributed by atoms with Gasteiger partial charge in [0.15, 0.2) is 0 Å². The van der Waals surface area contributed by atoms with Crippen LogP contribution >= 0.6 is 0 Å². The zero-order valence-electron chi connectivity index (χ0n) is 9.28. The first-order chi connectivity index (χ1) is 7.27. The number of unbranched alkanes of at least 4 members (excludes halogenated alkanes) is 1. The largest absolute Gasteiger partial charge is 0.449 e. The highest BCUT2D eigenvalue weighted by Gasteiger charge is 2.23. The Balaban J connectivity index is 2.25. The van der Waals surface area contributed by atoms with Crippen molar-refractivity contribution < 1.29 is 14.3 Å². The van der Waals surface area contributed by atoms with Gasteiger partial charge in [0.05, 0.1) is 25.9 Å². The fourth-order valence-corrected chi connectivity index (χ4v) is 1.42. The van der Waals surface area contributed by atoms with Crippen LogP contribution in [0.15, 0.2) is 0 Å². The molecule has 0 radical (unpaired) electrons. The number of nitrogens with zero attached hydrogens (tertiary/aromatic N) is 1. The third kappa shape index (κ3) is 4.05. The molecule has 0 aromatic rings. The van der Waals surface area contributed by atoms with Gasteiger partial charge in [0.25, 0.3) is 0 Å². The molecule has 0 saturated carbocycles. The molecular formula is C10H20N2O3. The second-order valence-corrected chi connectivity index (χ2v) is 3.64. The van der Waals surface area contributed by atoms with E-state index >= 15 is 0 Å². The van der Waals surface area contributed by atoms with Crippen molar-refractivity contribution in [3.63, 3.8) is 0 Å². The van der Waals surface area contributed by atoms with Crippen molar-refractivity contribution in [2.45, 2.75) is 25.9 Å². The van der Waals surface area contributed by atoms with E-state index in [4.69, 9.17) is 15.2 Å². The van der Waals surface area contributed by atoms with E-state index in [0.717, 1.165) is 12.8 Å². The maximum Gasteiger partial charge on any atom is 0.409 e. The van der Waals surface area contributed by atoms with Gasteiger partial charge in [-0.3, -0.25) is 0 Å². The van der Waals surface area contributed by atoms with Gasteiger partial charge in [0, 0.05) is 13.1 Å². The summed E-state index contributed by atoms with van der Waals surface area (Å²) in [6.07, 6.45) is 1.65. The Morgan fingerprint density at radius 3 is 3.13 bits per heavy atom. The molecular weight excluding hydrogens is 196 g/mol. The number of nitrogens with two attached hydrogens (primary N) is 1. The Kier molecular flexibility index (Phi) is 5.42. The number of ether oxygens (including phenoxy) is 2. The molecule has 0 aliphatic carbocycles. The summed E-state index contributed by atoms with van der Waals surface area (Å²) < 4.78 is 10.5. The predicted molar refractivity (Wildman–Crippen MR) is 56.6 cm³/mol. The Bertz CT molecular complexity index is 199. The van der Waals surface area contributed by atoms with E-state index in [-0.39, 0.29) is 12.2 Å². The van der Waals surface area contributed by atoms with Gasteiger partial charge in [-0.2, -0.15) is 0 Å². The van der Waals surface area contributed by atoms with Crippen LogP contribution in [0.5, 0.6) is 0 Å². The number of carbonyl (C=O) groups is 1. The lowest BCUT2D eigenvalue weighted by molar-refractivity contribution is -0.0225. The number of carbonyl (C=O) groups excluding carboxylic acids is 1. The van der Waals surface area contributed by atoms with Crippen molar-refractivity contribution in [1.29, 1.82) is 0 Å². The monoisotopic (exact) mass is 216 g/mol. The SMILES string of the molecule is CCCCOC(=O)N1CCO[C@@H](CN)C1. The molecule has 1 saturated heterocycles. The highest BCUT2D eigenvalue weighted by Crippen LogP contribution is 2.06. The average Bonchev–Trinajstić information content (AvgIpc) is 2.29. The maximum atomic E-state index is 11.5. The van der Waals surface area contributed by atoms with Crippen LogP contribution in [0.25, 0.3) is 0 Å². The van der Waals surface area contributed by atoms with E-state index < -0.39 is 0 Å². The number of morpholine rings is 1. The van der Waals surface area contributed by atoms with Gasteiger partial charge in [-0.25, -0.2) is 4.79 Å². The van der Waals surface area contributed by atoms with Crippen molar-refractivity contribution >= 4 is 6.09 Å². The first-order valence-electron chi connectivity index (χ1n) is 5.51. The van der Waals surface area contributed by atoms with Gasteiger partial charge in [0.2, 0.25) is 0 Å². The van der Waals surface area contributed by atoms with E-state index in [0.29, 0.717) is 32.8 Å². The normalized spacial score (nSPS) is 21.5. The maximum absolute atomic E-state index is 11.5. The quantitative estimate of drug-likeness (QED) is 0.698. The fraction of sp³-hybridized carbons (Fsp3) is 0.900. The van der Waals surface area contributed by atoms with E-state index in [1.54, 1.807) is 4.90 Å². The standard InChI is InChI=1S/C10H20N2O3/c1-2-3-5-15-10(13)12-4-6-14-9(7-11)8-12/h9H,2-8,11H2,1H3/t9-/m0/s1. The number of rotatable bonds is 4. The van der Waals surface area contributed by atoms with Gasteiger partial charge >= 0.3 is 6.09 Å². The highest BCUT2D eigenvalue weighted by atomic mass is 16.6. The molecule has 2 N–H and O–H groups in total. The molecule has 1 aliphatic heterocycles. The molecule has 1 amide bonds. The molecule has 0 bridgehead atoms. The zero-order chi connectivity index (χ0) is 11.1. The molecule has 5 heteroatoms. The van der Waals surface area contributed by atoms with Crippen LogP contribution in [0.2, 0.25) is 0 Å². The Morgan fingerprint density at radius 1 is 1.67 bits per heavy atom. The molecule has 0 aromatic carbocycles. The summed E-state index contributed by atoms with van der Waals surface area (Å²) in [4.78, 5) is 13.2. The van der Waals surface area contributed by atoms with Crippen LogP contribution in [0, 0.1) is 0 Å². The van der Waals surface area contributed by atoms with Crippen molar-refractivity contribution in [2.75, 3.05) is 32.8 Å². The lowest BCUT2D eigenvalue weighted by atomic mass is 10.3. The van der Waals surface area contributed by atoms with E-state index in [2.05, 4.69) is 6.92 Å². The average molecular weight is 216 g/mol. The molecule has 1 aliphatic rings. The minimum atomic E-state index is -0.245. The smallest absolute Gasteiger partial charge is 0.409 e. The van der Waals surface area contributed by atoms with E-state index in [1.807, 2.05) is 0 Å². The van der Waals surface area contributed by atoms with Crippen molar-refractivity contribution in [2.24, 2.45) is 5.73 Å². The molecule has 15 heavy (non-hydrogen) atoms. The summed E-state index contributed by atoms with van der Waals surface area (Å²) in [6, 6.07) is 0. The van der Waals surface area contributed by atoms with Crippen LogP contribution in [0.1, 0.15) is 19.8 Å². The fourth-order valence-electron chi connectivity index (χ4n) is 1.42. The van der Waals surface area contributed by atoms with Crippen LogP contribution in [-0.4, -0.2) is 49.9 Å². The number of hydrogen-bond acceptors (Lipinski definition) is 4. The molecule has 0 spiro atoms. The molecule has 0 unspecified atom stereocenters. The molecule has 1 atom stereocenters. The number of hydrogen-bond donors (Lipinski definition) is 1. The minimum absolute atomic E-state index is 0.0440.